The van der Waals surface area contributed by atoms with Gasteiger partial charge in [-0.1, -0.05) is 123 Å². The second-order valence-corrected chi connectivity index (χ2v) is 13.5. The largest absolute Gasteiger partial charge is 0.507 e. The molecule has 2 rings (SSSR count). The molecule has 0 aliphatic carbocycles. The second kappa shape index (κ2) is 24.1. The fraction of sp³-hybridized carbons (Fsp3) is 0.600. The zero-order valence-corrected chi connectivity index (χ0v) is 30.9. The lowest BCUT2D eigenvalue weighted by Crippen LogP contribution is -2.45. The zero-order valence-electron chi connectivity index (χ0n) is 30.9. The smallest absolute Gasteiger partial charge is 0.273 e. The van der Waals surface area contributed by atoms with Gasteiger partial charge in [-0.15, -0.1) is 0 Å². The molecule has 4 amide bonds. The van der Waals surface area contributed by atoms with Crippen molar-refractivity contribution in [2.24, 2.45) is 11.8 Å². The van der Waals surface area contributed by atoms with Crippen LogP contribution in [0.25, 0.3) is 0 Å². The number of rotatable bonds is 23. The summed E-state index contributed by atoms with van der Waals surface area (Å²) < 4.78 is 0. The lowest BCUT2D eigenvalue weighted by Gasteiger charge is -2.18. The lowest BCUT2D eigenvalue weighted by molar-refractivity contribution is -0.127. The van der Waals surface area contributed by atoms with Crippen LogP contribution in [0.3, 0.4) is 0 Å². The minimum atomic E-state index is -0.547. The van der Waals surface area contributed by atoms with E-state index in [4.69, 9.17) is 0 Å². The van der Waals surface area contributed by atoms with Gasteiger partial charge in [0.1, 0.15) is 11.5 Å². The van der Waals surface area contributed by atoms with Crippen molar-refractivity contribution in [3.8, 4) is 11.5 Å². The van der Waals surface area contributed by atoms with Crippen LogP contribution in [0.1, 0.15) is 162 Å². The van der Waals surface area contributed by atoms with Crippen LogP contribution in [-0.2, 0) is 22.4 Å². The number of phenols is 2. The molecule has 0 aliphatic rings. The number of aryl methyl sites for hydroxylation is 2. The molecule has 0 radical (unpaired) electrons. The number of unbranched alkanes of at least 4 members (excludes halogenated alkanes) is 9. The minimum absolute atomic E-state index is 0.109. The molecule has 2 unspecified atom stereocenters. The molecule has 0 fully saturated rings. The first-order valence-electron chi connectivity index (χ1n) is 19.0. The molecule has 50 heavy (non-hydrogen) atoms. The van der Waals surface area contributed by atoms with Crippen LogP contribution in [-0.4, -0.2) is 33.8 Å². The Morgan fingerprint density at radius 3 is 1.48 bits per heavy atom. The number of phenolic OH excluding ortho intramolecular Hbond substituents is 2. The summed E-state index contributed by atoms with van der Waals surface area (Å²) in [6.45, 7) is 8.11. The van der Waals surface area contributed by atoms with Gasteiger partial charge in [-0.05, 0) is 68.2 Å². The average Bonchev–Trinajstić information content (AvgIpc) is 3.10. The van der Waals surface area contributed by atoms with Crippen molar-refractivity contribution in [1.82, 2.24) is 21.7 Å². The highest BCUT2D eigenvalue weighted by atomic mass is 16.3. The average molecular weight is 695 g/mol. The first kappa shape index (κ1) is 42.1. The molecule has 0 saturated heterocycles. The molecule has 0 spiro atoms. The molecule has 0 bridgehead atoms. The van der Waals surface area contributed by atoms with Gasteiger partial charge >= 0.3 is 0 Å². The number of hydrogen-bond donors (Lipinski definition) is 6. The van der Waals surface area contributed by atoms with Crippen LogP contribution < -0.4 is 21.7 Å². The van der Waals surface area contributed by atoms with Crippen molar-refractivity contribution < 1.29 is 29.4 Å². The number of aromatic hydroxyl groups is 2. The molecular formula is C40H62N4O6. The summed E-state index contributed by atoms with van der Waals surface area (Å²) in [5, 5.41) is 20.8. The summed E-state index contributed by atoms with van der Waals surface area (Å²) in [6, 6.07) is 10.1. The molecule has 6 N–H and O–H groups in total. The number of amides is 4. The second-order valence-electron chi connectivity index (χ2n) is 13.5. The third-order valence-electron chi connectivity index (χ3n) is 9.30. The van der Waals surface area contributed by atoms with E-state index in [0.29, 0.717) is 44.9 Å². The van der Waals surface area contributed by atoms with E-state index in [1.807, 2.05) is 19.1 Å². The molecular weight excluding hydrogens is 632 g/mol. The Hall–Kier alpha value is -4.08. The minimum Gasteiger partial charge on any atom is -0.507 e. The van der Waals surface area contributed by atoms with Gasteiger partial charge in [-0.2, -0.15) is 0 Å². The van der Waals surface area contributed by atoms with Crippen LogP contribution >= 0.6 is 0 Å². The van der Waals surface area contributed by atoms with Crippen LogP contribution in [0.5, 0.6) is 11.5 Å². The highest BCUT2D eigenvalue weighted by molar-refractivity contribution is 6.00. The molecule has 2 atom stereocenters. The fourth-order valence-corrected chi connectivity index (χ4v) is 6.27. The highest BCUT2D eigenvalue weighted by Gasteiger charge is 2.22. The number of carbonyl (C=O) groups is 4. The van der Waals surface area contributed by atoms with Gasteiger partial charge < -0.3 is 10.2 Å². The predicted molar refractivity (Wildman–Crippen MR) is 198 cm³/mol. The SMILES string of the molecule is CCCCCCCc1cccc(O)c1C(=O)NNC(=O)C(C)CCCCC(CCC)C(=O)NNC(=O)c1c(O)cccc1CCCCCCC. The Bertz CT molecular complexity index is 1350. The number of hydrogen-bond acceptors (Lipinski definition) is 6. The van der Waals surface area contributed by atoms with Gasteiger partial charge in [0, 0.05) is 11.8 Å². The van der Waals surface area contributed by atoms with Gasteiger partial charge in [0.15, 0.2) is 0 Å². The molecule has 0 heterocycles. The maximum absolute atomic E-state index is 13.1. The van der Waals surface area contributed by atoms with Crippen LogP contribution in [0.4, 0.5) is 0 Å². The third-order valence-corrected chi connectivity index (χ3v) is 9.30. The molecule has 0 aliphatic heterocycles. The number of nitrogens with one attached hydrogen (secondary N) is 4. The van der Waals surface area contributed by atoms with Gasteiger partial charge in [-0.3, -0.25) is 40.9 Å². The molecule has 10 nitrogen and oxygen atoms in total. The normalized spacial score (nSPS) is 12.2. The number of carbonyl (C=O) groups excluding carboxylic acids is 4. The van der Waals surface area contributed by atoms with E-state index in [1.54, 1.807) is 19.1 Å². The van der Waals surface area contributed by atoms with Crippen molar-refractivity contribution in [1.29, 1.82) is 0 Å². The molecule has 0 saturated carbocycles. The van der Waals surface area contributed by atoms with Gasteiger partial charge in [0.05, 0.1) is 11.1 Å². The summed E-state index contributed by atoms with van der Waals surface area (Å²) in [7, 11) is 0. The third kappa shape index (κ3) is 14.8. The molecule has 10 heteroatoms. The summed E-state index contributed by atoms with van der Waals surface area (Å²) in [5.41, 5.74) is 11.9. The van der Waals surface area contributed by atoms with E-state index in [2.05, 4.69) is 35.6 Å². The first-order valence-corrected chi connectivity index (χ1v) is 19.0. The van der Waals surface area contributed by atoms with E-state index < -0.39 is 11.8 Å². The van der Waals surface area contributed by atoms with Gasteiger partial charge in [0.25, 0.3) is 11.8 Å². The van der Waals surface area contributed by atoms with E-state index in [-0.39, 0.29) is 46.3 Å². The maximum atomic E-state index is 13.1. The van der Waals surface area contributed by atoms with Gasteiger partial charge in [-0.25, -0.2) is 0 Å². The van der Waals surface area contributed by atoms with Crippen molar-refractivity contribution in [2.75, 3.05) is 0 Å². The van der Waals surface area contributed by atoms with Crippen LogP contribution in [0.2, 0.25) is 0 Å². The highest BCUT2D eigenvalue weighted by Crippen LogP contribution is 2.25. The number of hydrazine groups is 2. The zero-order chi connectivity index (χ0) is 36.7. The summed E-state index contributed by atoms with van der Waals surface area (Å²) in [6.07, 6.45) is 16.2. The summed E-state index contributed by atoms with van der Waals surface area (Å²) in [4.78, 5) is 51.8. The Kier molecular flexibility index (Phi) is 20.3. The standard InChI is InChI=1S/C40H62N4O6/c1-5-8-10-12-14-22-30-25-18-27-33(45)35(30)39(49)43-41-37(47)29(4)21-16-17-24-32(20-7-3)38(48)42-44-40(50)36-31(26-19-28-34(36)46)23-15-13-11-9-6-2/h18-19,25-29,32,45-46H,5-17,20-24H2,1-4H3,(H,41,47)(H,42,48)(H,43,49)(H,44,50). The van der Waals surface area contributed by atoms with E-state index >= 15 is 0 Å². The van der Waals surface area contributed by atoms with Crippen molar-refractivity contribution in [3.63, 3.8) is 0 Å². The van der Waals surface area contributed by atoms with E-state index in [0.717, 1.165) is 68.9 Å². The summed E-state index contributed by atoms with van der Waals surface area (Å²) >= 11 is 0. The first-order chi connectivity index (χ1) is 24.1. The Morgan fingerprint density at radius 1 is 0.540 bits per heavy atom. The number of benzene rings is 2. The predicted octanol–water partition coefficient (Wildman–Crippen LogP) is 7.96. The van der Waals surface area contributed by atoms with E-state index in [9.17, 15) is 29.4 Å². The van der Waals surface area contributed by atoms with Crippen LogP contribution in [0.15, 0.2) is 36.4 Å². The molecule has 2 aromatic rings. The monoisotopic (exact) mass is 694 g/mol. The van der Waals surface area contributed by atoms with Gasteiger partial charge in [0.2, 0.25) is 11.8 Å². The van der Waals surface area contributed by atoms with Crippen molar-refractivity contribution >= 4 is 23.6 Å². The van der Waals surface area contributed by atoms with E-state index in [1.165, 1.54) is 25.0 Å². The van der Waals surface area contributed by atoms with Crippen molar-refractivity contribution in [2.45, 2.75) is 143 Å². The molecule has 0 aromatic heterocycles. The quantitative estimate of drug-likeness (QED) is 0.0512. The molecule has 2 aromatic carbocycles. The lowest BCUT2D eigenvalue weighted by atomic mass is 9.94. The summed E-state index contributed by atoms with van der Waals surface area (Å²) in [5.74, 6) is -2.61. The Morgan fingerprint density at radius 2 is 1.00 bits per heavy atom. The Labute approximate surface area is 299 Å². The Balaban J connectivity index is 1.81. The fourth-order valence-electron chi connectivity index (χ4n) is 6.27. The topological polar surface area (TPSA) is 157 Å². The van der Waals surface area contributed by atoms with Crippen LogP contribution in [0, 0.1) is 11.8 Å². The molecule has 278 valence electrons. The van der Waals surface area contributed by atoms with Crippen molar-refractivity contribution in [3.05, 3.63) is 58.7 Å². The maximum Gasteiger partial charge on any atom is 0.273 e.